The molecule has 4 nitrogen and oxygen atoms in total. The van der Waals surface area contributed by atoms with Crippen LogP contribution in [0.5, 0.6) is 11.5 Å². The van der Waals surface area contributed by atoms with Crippen molar-refractivity contribution in [3.63, 3.8) is 0 Å². The zero-order chi connectivity index (χ0) is 18.4. The lowest BCUT2D eigenvalue weighted by atomic mass is 10.1. The van der Waals surface area contributed by atoms with E-state index in [0.29, 0.717) is 22.9 Å². The Morgan fingerprint density at radius 3 is 2.52 bits per heavy atom. The quantitative estimate of drug-likeness (QED) is 0.602. The number of carbonyl (C=O) groups excluding carboxylic acids is 1. The van der Waals surface area contributed by atoms with Gasteiger partial charge in [-0.15, -0.1) is 0 Å². The van der Waals surface area contributed by atoms with Gasteiger partial charge in [-0.3, -0.25) is 9.69 Å². The first-order valence-electron chi connectivity index (χ1n) is 8.85. The molecule has 2 aliphatic heterocycles. The number of ether oxygens (including phenoxy) is 2. The van der Waals surface area contributed by atoms with Gasteiger partial charge in [-0.25, -0.2) is 0 Å². The number of amides is 1. The number of hydrogen-bond donors (Lipinski definition) is 0. The largest absolute Gasteiger partial charge is 0.465 e. The minimum absolute atomic E-state index is 0.129. The Morgan fingerprint density at radius 1 is 0.889 bits per heavy atom. The molecule has 0 aromatic heterocycles. The van der Waals surface area contributed by atoms with E-state index in [1.807, 2.05) is 79.7 Å². The zero-order valence-corrected chi connectivity index (χ0v) is 14.8. The fourth-order valence-corrected chi connectivity index (χ4v) is 3.52. The predicted octanol–water partition coefficient (Wildman–Crippen LogP) is 5.20. The first-order valence-corrected chi connectivity index (χ1v) is 8.85. The van der Waals surface area contributed by atoms with Gasteiger partial charge in [0.1, 0.15) is 11.5 Å². The van der Waals surface area contributed by atoms with Crippen LogP contribution >= 0.6 is 0 Å². The Morgan fingerprint density at radius 2 is 1.67 bits per heavy atom. The highest BCUT2D eigenvalue weighted by Gasteiger charge is 2.38. The summed E-state index contributed by atoms with van der Waals surface area (Å²) in [6.45, 7) is 2.02. The van der Waals surface area contributed by atoms with E-state index < -0.39 is 6.23 Å². The highest BCUT2D eigenvalue weighted by molar-refractivity contribution is 6.07. The maximum atomic E-state index is 13.1. The lowest BCUT2D eigenvalue weighted by Gasteiger charge is -2.34. The van der Waals surface area contributed by atoms with Gasteiger partial charge < -0.3 is 9.47 Å². The van der Waals surface area contributed by atoms with Crippen molar-refractivity contribution in [3.05, 3.63) is 95.6 Å². The Balaban J connectivity index is 1.71. The number of carbonyl (C=O) groups is 1. The van der Waals surface area contributed by atoms with E-state index in [-0.39, 0.29) is 5.91 Å². The summed E-state index contributed by atoms with van der Waals surface area (Å²) in [5.41, 5.74) is 3.49. The van der Waals surface area contributed by atoms with Crippen LogP contribution in [0.15, 0.2) is 78.9 Å². The van der Waals surface area contributed by atoms with E-state index in [1.165, 1.54) is 0 Å². The van der Waals surface area contributed by atoms with Crippen LogP contribution in [0.1, 0.15) is 22.9 Å². The molecule has 2 heterocycles. The van der Waals surface area contributed by atoms with Gasteiger partial charge in [0.2, 0.25) is 6.23 Å². The van der Waals surface area contributed by atoms with Crippen LogP contribution in [-0.2, 0) is 9.53 Å². The second-order valence-corrected chi connectivity index (χ2v) is 6.66. The number of rotatable bonds is 1. The maximum Gasteiger partial charge on any atom is 0.258 e. The molecule has 0 N–H and O–H groups in total. The van der Waals surface area contributed by atoms with E-state index >= 15 is 0 Å². The van der Waals surface area contributed by atoms with E-state index in [9.17, 15) is 4.79 Å². The molecule has 2 aliphatic rings. The lowest BCUT2D eigenvalue weighted by Crippen LogP contribution is -2.37. The van der Waals surface area contributed by atoms with Crippen molar-refractivity contribution in [2.24, 2.45) is 0 Å². The fraction of sp³-hybridized carbons (Fsp3) is 0.0870. The number of anilines is 1. The minimum Gasteiger partial charge on any atom is -0.465 e. The Hall–Kier alpha value is -3.53. The molecular formula is C23H17NO3. The highest BCUT2D eigenvalue weighted by atomic mass is 16.5. The molecule has 132 valence electrons. The van der Waals surface area contributed by atoms with Crippen molar-refractivity contribution >= 4 is 17.4 Å². The van der Waals surface area contributed by atoms with Crippen LogP contribution in [0, 0.1) is 6.92 Å². The van der Waals surface area contributed by atoms with Crippen LogP contribution in [0.4, 0.5) is 5.69 Å². The summed E-state index contributed by atoms with van der Waals surface area (Å²) >= 11 is 0. The first kappa shape index (κ1) is 15.7. The SMILES string of the molecule is Cc1ccc2c(c1)C1OC(c3ccccc3)=CC(=O)N1c1ccccc1O2. The molecule has 1 unspecified atom stereocenters. The molecule has 3 aromatic rings. The summed E-state index contributed by atoms with van der Waals surface area (Å²) in [6.07, 6.45) is 0.958. The van der Waals surface area contributed by atoms with Crippen molar-refractivity contribution < 1.29 is 14.3 Å². The number of benzene rings is 3. The molecule has 0 saturated carbocycles. The van der Waals surface area contributed by atoms with Gasteiger partial charge >= 0.3 is 0 Å². The van der Waals surface area contributed by atoms with Gasteiger partial charge in [-0.1, -0.05) is 54.1 Å². The monoisotopic (exact) mass is 355 g/mol. The number of hydrogen-bond acceptors (Lipinski definition) is 3. The van der Waals surface area contributed by atoms with Gasteiger partial charge in [-0.2, -0.15) is 0 Å². The van der Waals surface area contributed by atoms with Gasteiger partial charge in [-0.05, 0) is 31.2 Å². The Kier molecular flexibility index (Phi) is 3.50. The van der Waals surface area contributed by atoms with Crippen LogP contribution in [-0.4, -0.2) is 5.91 Å². The predicted molar refractivity (Wildman–Crippen MR) is 103 cm³/mol. The van der Waals surface area contributed by atoms with Crippen molar-refractivity contribution in [1.82, 2.24) is 0 Å². The molecule has 0 saturated heterocycles. The molecular weight excluding hydrogens is 338 g/mol. The molecule has 0 radical (unpaired) electrons. The van der Waals surface area contributed by atoms with E-state index in [0.717, 1.165) is 16.7 Å². The second kappa shape index (κ2) is 6.02. The third-order valence-corrected chi connectivity index (χ3v) is 4.80. The molecule has 1 amide bonds. The molecule has 4 heteroatoms. The van der Waals surface area contributed by atoms with Crippen LogP contribution in [0.25, 0.3) is 5.76 Å². The summed E-state index contributed by atoms with van der Waals surface area (Å²) < 4.78 is 12.5. The average Bonchev–Trinajstić information content (AvgIpc) is 2.83. The smallest absolute Gasteiger partial charge is 0.258 e. The topological polar surface area (TPSA) is 38.8 Å². The molecule has 1 atom stereocenters. The second-order valence-electron chi connectivity index (χ2n) is 6.66. The molecule has 0 spiro atoms. The van der Waals surface area contributed by atoms with Gasteiger partial charge in [0.25, 0.3) is 5.91 Å². The summed E-state index contributed by atoms with van der Waals surface area (Å²) in [7, 11) is 0. The van der Waals surface area contributed by atoms with Crippen molar-refractivity contribution in [3.8, 4) is 11.5 Å². The van der Waals surface area contributed by atoms with Gasteiger partial charge in [0, 0.05) is 11.6 Å². The summed E-state index contributed by atoms with van der Waals surface area (Å²) in [4.78, 5) is 14.8. The lowest BCUT2D eigenvalue weighted by molar-refractivity contribution is -0.117. The molecule has 5 rings (SSSR count). The summed E-state index contributed by atoms with van der Waals surface area (Å²) in [5, 5.41) is 0. The van der Waals surface area contributed by atoms with Crippen molar-refractivity contribution in [1.29, 1.82) is 0 Å². The van der Waals surface area contributed by atoms with Crippen molar-refractivity contribution in [2.75, 3.05) is 4.90 Å². The Labute approximate surface area is 157 Å². The highest BCUT2D eigenvalue weighted by Crippen LogP contribution is 2.47. The summed E-state index contributed by atoms with van der Waals surface area (Å²) in [5.74, 6) is 1.77. The van der Waals surface area contributed by atoms with E-state index in [4.69, 9.17) is 9.47 Å². The van der Waals surface area contributed by atoms with Crippen LogP contribution < -0.4 is 9.64 Å². The Bertz CT molecular complexity index is 1070. The van der Waals surface area contributed by atoms with Crippen LogP contribution in [0.2, 0.25) is 0 Å². The summed E-state index contributed by atoms with van der Waals surface area (Å²) in [6, 6.07) is 23.1. The number of nitrogens with zero attached hydrogens (tertiary/aromatic N) is 1. The third kappa shape index (κ3) is 2.57. The van der Waals surface area contributed by atoms with Gasteiger partial charge in [0.15, 0.2) is 5.75 Å². The molecule has 0 aliphatic carbocycles. The molecule has 27 heavy (non-hydrogen) atoms. The molecule has 0 bridgehead atoms. The third-order valence-electron chi connectivity index (χ3n) is 4.80. The molecule has 0 fully saturated rings. The first-order chi connectivity index (χ1) is 13.2. The number of aryl methyl sites for hydroxylation is 1. The standard InChI is InChI=1S/C23H17NO3/c1-15-11-12-19-17(13-15)23-24(18-9-5-6-10-20(18)26-19)22(25)14-21(27-23)16-7-3-2-4-8-16/h2-14,23H,1H3. The normalized spacial score (nSPS) is 17.5. The van der Waals surface area contributed by atoms with Crippen LogP contribution in [0.3, 0.4) is 0 Å². The number of fused-ring (bicyclic) bond motifs is 5. The van der Waals surface area contributed by atoms with Gasteiger partial charge in [0.05, 0.1) is 11.3 Å². The van der Waals surface area contributed by atoms with Crippen molar-refractivity contribution in [2.45, 2.75) is 13.2 Å². The fourth-order valence-electron chi connectivity index (χ4n) is 3.52. The number of para-hydroxylation sites is 2. The zero-order valence-electron chi connectivity index (χ0n) is 14.8. The van der Waals surface area contributed by atoms with E-state index in [1.54, 1.807) is 11.0 Å². The molecule has 3 aromatic carbocycles. The van der Waals surface area contributed by atoms with E-state index in [2.05, 4.69) is 0 Å². The minimum atomic E-state index is -0.587. The maximum absolute atomic E-state index is 13.1. The average molecular weight is 355 g/mol.